The van der Waals surface area contributed by atoms with Crippen LogP contribution in [0.25, 0.3) is 10.8 Å². The lowest BCUT2D eigenvalue weighted by molar-refractivity contribution is -0.140. The molecule has 3 N–H and O–H groups in total. The van der Waals surface area contributed by atoms with E-state index in [9.17, 15) is 14.4 Å². The van der Waals surface area contributed by atoms with Crippen molar-refractivity contribution in [3.05, 3.63) is 42.5 Å². The van der Waals surface area contributed by atoms with Crippen LogP contribution < -0.4 is 16.0 Å². The Balaban J connectivity index is 1.36. The van der Waals surface area contributed by atoms with Gasteiger partial charge in [0.25, 0.3) is 0 Å². The number of carbonyl (C=O) groups is 3. The van der Waals surface area contributed by atoms with Gasteiger partial charge in [0.1, 0.15) is 12.6 Å². The molecular formula is C26H31N7O3. The van der Waals surface area contributed by atoms with E-state index < -0.39 is 6.04 Å². The van der Waals surface area contributed by atoms with Crippen molar-refractivity contribution in [3.8, 4) is 6.19 Å². The zero-order valence-electron chi connectivity index (χ0n) is 20.2. The number of guanidine groups is 1. The molecule has 2 aromatic carbocycles. The standard InChI is InChI=1S/C26H31N7O3/c27-18-29-26(28-16-23(34)30-21-11-10-19-7-1-2-8-20(19)15-21)31-22-9-3-4-14-33(25(22)36)17-24(35)32-12-5-6-13-32/h1-2,7-8,10-11,15,22H,3-6,9,12-14,16-17H2,(H,30,34)(H2,28,29,31). The summed E-state index contributed by atoms with van der Waals surface area (Å²) in [6.45, 7) is 1.83. The van der Waals surface area contributed by atoms with Gasteiger partial charge in [-0.15, -0.1) is 0 Å². The maximum absolute atomic E-state index is 13.2. The number of fused-ring (bicyclic) bond motifs is 1. The largest absolute Gasteiger partial charge is 0.344 e. The average Bonchev–Trinajstić information content (AvgIpc) is 3.37. The van der Waals surface area contributed by atoms with Gasteiger partial charge in [0.2, 0.25) is 23.7 Å². The van der Waals surface area contributed by atoms with Crippen molar-refractivity contribution in [3.63, 3.8) is 0 Å². The first-order chi connectivity index (χ1) is 17.5. The van der Waals surface area contributed by atoms with E-state index >= 15 is 0 Å². The van der Waals surface area contributed by atoms with Crippen LogP contribution in [0, 0.1) is 11.5 Å². The second-order valence-corrected chi connectivity index (χ2v) is 9.05. The van der Waals surface area contributed by atoms with E-state index in [4.69, 9.17) is 5.26 Å². The van der Waals surface area contributed by atoms with Crippen molar-refractivity contribution in [2.24, 2.45) is 4.99 Å². The van der Waals surface area contributed by atoms with Gasteiger partial charge in [0.05, 0.1) is 6.54 Å². The van der Waals surface area contributed by atoms with Gasteiger partial charge in [0.15, 0.2) is 6.19 Å². The predicted molar refractivity (Wildman–Crippen MR) is 137 cm³/mol. The molecule has 0 saturated carbocycles. The Morgan fingerprint density at radius 3 is 2.56 bits per heavy atom. The van der Waals surface area contributed by atoms with Gasteiger partial charge in [0, 0.05) is 25.3 Å². The summed E-state index contributed by atoms with van der Waals surface area (Å²) in [5.41, 5.74) is 0.647. The highest BCUT2D eigenvalue weighted by Gasteiger charge is 2.30. The number of nitrogens with zero attached hydrogens (tertiary/aromatic N) is 4. The minimum absolute atomic E-state index is 0.0316. The van der Waals surface area contributed by atoms with Gasteiger partial charge in [-0.25, -0.2) is 4.99 Å². The Hall–Kier alpha value is -4.13. The molecule has 0 radical (unpaired) electrons. The first-order valence-corrected chi connectivity index (χ1v) is 12.3. The van der Waals surface area contributed by atoms with Crippen molar-refractivity contribution < 1.29 is 14.4 Å². The molecule has 10 heteroatoms. The minimum atomic E-state index is -0.637. The van der Waals surface area contributed by atoms with Gasteiger partial charge in [-0.2, -0.15) is 5.26 Å². The fourth-order valence-electron chi connectivity index (χ4n) is 4.58. The normalized spacial score (nSPS) is 18.5. The number of nitriles is 1. The van der Waals surface area contributed by atoms with Crippen LogP contribution in [0.15, 0.2) is 47.5 Å². The quantitative estimate of drug-likeness (QED) is 0.246. The monoisotopic (exact) mass is 489 g/mol. The third-order valence-corrected chi connectivity index (χ3v) is 6.46. The highest BCUT2D eigenvalue weighted by molar-refractivity contribution is 5.97. The summed E-state index contributed by atoms with van der Waals surface area (Å²) in [6.07, 6.45) is 5.93. The Morgan fingerprint density at radius 2 is 1.78 bits per heavy atom. The molecule has 2 aromatic rings. The van der Waals surface area contributed by atoms with E-state index in [0.29, 0.717) is 18.7 Å². The highest BCUT2D eigenvalue weighted by atomic mass is 16.2. The summed E-state index contributed by atoms with van der Waals surface area (Å²) in [7, 11) is 0. The number of hydrogen-bond donors (Lipinski definition) is 3. The summed E-state index contributed by atoms with van der Waals surface area (Å²) < 4.78 is 0. The van der Waals surface area contributed by atoms with Crippen LogP contribution >= 0.6 is 0 Å². The molecule has 2 fully saturated rings. The van der Waals surface area contributed by atoms with E-state index in [1.807, 2.05) is 42.5 Å². The summed E-state index contributed by atoms with van der Waals surface area (Å²) >= 11 is 0. The van der Waals surface area contributed by atoms with Crippen LogP contribution in [0.3, 0.4) is 0 Å². The lowest BCUT2D eigenvalue weighted by Crippen LogP contribution is -2.52. The molecule has 1 unspecified atom stereocenters. The maximum Gasteiger partial charge on any atom is 0.246 e. The van der Waals surface area contributed by atoms with Crippen LogP contribution in [-0.4, -0.2) is 72.2 Å². The molecule has 0 aromatic heterocycles. The van der Waals surface area contributed by atoms with Crippen LogP contribution in [0.4, 0.5) is 5.69 Å². The summed E-state index contributed by atoms with van der Waals surface area (Å²) in [5.74, 6) is -0.532. The number of benzene rings is 2. The molecule has 36 heavy (non-hydrogen) atoms. The van der Waals surface area contributed by atoms with E-state index in [1.165, 1.54) is 0 Å². The molecule has 1 atom stereocenters. The van der Waals surface area contributed by atoms with Crippen molar-refractivity contribution in [2.75, 3.05) is 38.0 Å². The third kappa shape index (κ3) is 6.50. The van der Waals surface area contributed by atoms with E-state index in [-0.39, 0.29) is 36.8 Å². The van der Waals surface area contributed by atoms with Gasteiger partial charge in [-0.05, 0) is 55.0 Å². The fraction of sp³-hybridized carbons (Fsp3) is 0.423. The van der Waals surface area contributed by atoms with Gasteiger partial charge >= 0.3 is 0 Å². The Bertz CT molecular complexity index is 1180. The van der Waals surface area contributed by atoms with Gasteiger partial charge < -0.3 is 20.4 Å². The second kappa shape index (κ2) is 12.0. The molecule has 4 rings (SSSR count). The minimum Gasteiger partial charge on any atom is -0.344 e. The fourth-order valence-corrected chi connectivity index (χ4v) is 4.58. The molecule has 2 aliphatic rings. The van der Waals surface area contributed by atoms with Crippen molar-refractivity contribution >= 4 is 40.1 Å². The van der Waals surface area contributed by atoms with Crippen LogP contribution in [0.5, 0.6) is 0 Å². The lowest BCUT2D eigenvalue weighted by atomic mass is 10.1. The van der Waals surface area contributed by atoms with Crippen molar-refractivity contribution in [1.29, 1.82) is 5.26 Å². The molecule has 0 aliphatic carbocycles. The van der Waals surface area contributed by atoms with E-state index in [0.717, 1.165) is 49.5 Å². The molecular weight excluding hydrogens is 458 g/mol. The van der Waals surface area contributed by atoms with E-state index in [2.05, 4.69) is 20.9 Å². The number of rotatable bonds is 6. The molecule has 0 bridgehead atoms. The first-order valence-electron chi connectivity index (χ1n) is 12.3. The number of amides is 3. The Morgan fingerprint density at radius 1 is 1.03 bits per heavy atom. The molecule has 0 spiro atoms. The Kier molecular flexibility index (Phi) is 8.34. The molecule has 3 amide bonds. The van der Waals surface area contributed by atoms with Crippen LogP contribution in [0.1, 0.15) is 32.1 Å². The Labute approximate surface area is 210 Å². The molecule has 10 nitrogen and oxygen atoms in total. The number of likely N-dealkylation sites (tertiary alicyclic amines) is 2. The second-order valence-electron chi connectivity index (χ2n) is 9.05. The van der Waals surface area contributed by atoms with E-state index in [1.54, 1.807) is 16.0 Å². The van der Waals surface area contributed by atoms with Gasteiger partial charge in [-0.1, -0.05) is 30.3 Å². The summed E-state index contributed by atoms with van der Waals surface area (Å²) in [5, 5.41) is 19.5. The topological polar surface area (TPSA) is 130 Å². The molecule has 2 heterocycles. The number of nitrogens with one attached hydrogen (secondary N) is 3. The smallest absolute Gasteiger partial charge is 0.246 e. The number of anilines is 1. The number of aliphatic imine (C=N–C) groups is 1. The predicted octanol–water partition coefficient (Wildman–Crippen LogP) is 1.80. The average molecular weight is 490 g/mol. The summed E-state index contributed by atoms with van der Waals surface area (Å²) in [4.78, 5) is 45.8. The zero-order chi connectivity index (χ0) is 25.3. The molecule has 2 saturated heterocycles. The molecule has 188 valence electrons. The SMILES string of the molecule is N#CNC(=NCC(=O)Nc1ccc2ccccc2c1)NC1CCCCN(CC(=O)N2CCCC2)C1=O. The van der Waals surface area contributed by atoms with Crippen LogP contribution in [-0.2, 0) is 14.4 Å². The van der Waals surface area contributed by atoms with Crippen LogP contribution in [0.2, 0.25) is 0 Å². The molecule has 2 aliphatic heterocycles. The number of carbonyl (C=O) groups excluding carboxylic acids is 3. The summed E-state index contributed by atoms with van der Waals surface area (Å²) in [6, 6.07) is 12.8. The highest BCUT2D eigenvalue weighted by Crippen LogP contribution is 2.19. The van der Waals surface area contributed by atoms with Crippen molar-refractivity contribution in [1.82, 2.24) is 20.4 Å². The van der Waals surface area contributed by atoms with Gasteiger partial charge in [-0.3, -0.25) is 19.7 Å². The third-order valence-electron chi connectivity index (χ3n) is 6.46. The van der Waals surface area contributed by atoms with Crippen molar-refractivity contribution in [2.45, 2.75) is 38.1 Å². The first kappa shape index (κ1) is 25.0. The lowest BCUT2D eigenvalue weighted by Gasteiger charge is -2.27. The maximum atomic E-state index is 13.2. The zero-order valence-corrected chi connectivity index (χ0v) is 20.2. The number of hydrogen-bond acceptors (Lipinski definition) is 5.